The molecule has 0 saturated heterocycles. The van der Waals surface area contributed by atoms with Crippen LogP contribution in [0.5, 0.6) is 0 Å². The Morgan fingerprint density at radius 2 is 2.10 bits per heavy atom. The number of hydrogen-bond acceptors (Lipinski definition) is 2. The Morgan fingerprint density at radius 3 is 2.65 bits per heavy atom. The highest BCUT2D eigenvalue weighted by Crippen LogP contribution is 2.36. The third-order valence-corrected chi connectivity index (χ3v) is 6.50. The molecule has 0 spiro atoms. The van der Waals surface area contributed by atoms with Crippen molar-refractivity contribution in [2.24, 2.45) is 0 Å². The van der Waals surface area contributed by atoms with Crippen molar-refractivity contribution in [2.45, 2.75) is 19.4 Å². The summed E-state index contributed by atoms with van der Waals surface area (Å²) in [7, 11) is 0. The van der Waals surface area contributed by atoms with Gasteiger partial charge in [0, 0.05) is 20.4 Å². The molecule has 0 fully saturated rings. The molecule has 0 amide bonds. The van der Waals surface area contributed by atoms with E-state index in [0.29, 0.717) is 17.0 Å². The van der Waals surface area contributed by atoms with Gasteiger partial charge in [-0.2, -0.15) is 0 Å². The van der Waals surface area contributed by atoms with E-state index in [1.54, 1.807) is 23.5 Å². The minimum atomic E-state index is -0.255. The summed E-state index contributed by atoms with van der Waals surface area (Å²) in [5, 5.41) is 3.82. The standard InChI is InChI=1S/C14H13Br2ClFNS/c1-2-19-12(13-7-10(15)14(16)20-13)5-8-3-4-9(17)6-11(8)18/h3-4,6-7,12,19H,2,5H2,1H3. The molecule has 2 rings (SSSR count). The van der Waals surface area contributed by atoms with E-state index in [4.69, 9.17) is 11.6 Å². The highest BCUT2D eigenvalue weighted by atomic mass is 79.9. The molecule has 1 unspecified atom stereocenters. The fourth-order valence-corrected chi connectivity index (χ4v) is 4.29. The lowest BCUT2D eigenvalue weighted by Crippen LogP contribution is -2.22. The maximum absolute atomic E-state index is 13.9. The van der Waals surface area contributed by atoms with Crippen LogP contribution in [0.3, 0.4) is 0 Å². The molecule has 0 aliphatic heterocycles. The van der Waals surface area contributed by atoms with Gasteiger partial charge in [-0.15, -0.1) is 11.3 Å². The summed E-state index contributed by atoms with van der Waals surface area (Å²) >= 11 is 14.4. The topological polar surface area (TPSA) is 12.0 Å². The average molecular weight is 442 g/mol. The van der Waals surface area contributed by atoms with Gasteiger partial charge >= 0.3 is 0 Å². The predicted octanol–water partition coefficient (Wildman–Crippen LogP) is 5.96. The van der Waals surface area contributed by atoms with Crippen molar-refractivity contribution < 1.29 is 4.39 Å². The van der Waals surface area contributed by atoms with Gasteiger partial charge in [-0.1, -0.05) is 24.6 Å². The van der Waals surface area contributed by atoms with Crippen LogP contribution in [0.4, 0.5) is 4.39 Å². The first-order chi connectivity index (χ1) is 9.51. The van der Waals surface area contributed by atoms with Gasteiger partial charge in [-0.05, 0) is 68.6 Å². The molecular weight excluding hydrogens is 428 g/mol. The molecule has 20 heavy (non-hydrogen) atoms. The predicted molar refractivity (Wildman–Crippen MR) is 91.3 cm³/mol. The Bertz CT molecular complexity index is 583. The molecule has 0 aliphatic rings. The highest BCUT2D eigenvalue weighted by Gasteiger charge is 2.17. The van der Waals surface area contributed by atoms with Crippen LogP contribution in [0.1, 0.15) is 23.4 Å². The van der Waals surface area contributed by atoms with Gasteiger partial charge in [0.15, 0.2) is 0 Å². The zero-order valence-corrected chi connectivity index (χ0v) is 15.5. The second kappa shape index (κ2) is 7.36. The summed E-state index contributed by atoms with van der Waals surface area (Å²) in [6.07, 6.45) is 0.593. The molecule has 0 saturated carbocycles. The minimum Gasteiger partial charge on any atom is -0.309 e. The summed E-state index contributed by atoms with van der Waals surface area (Å²) in [4.78, 5) is 1.17. The number of halogens is 4. The molecule has 108 valence electrons. The number of thiophene rings is 1. The largest absolute Gasteiger partial charge is 0.309 e. The van der Waals surface area contributed by atoms with E-state index in [1.807, 2.05) is 6.92 Å². The normalized spacial score (nSPS) is 12.7. The number of rotatable bonds is 5. The third kappa shape index (κ3) is 4.04. The van der Waals surface area contributed by atoms with E-state index in [9.17, 15) is 4.39 Å². The Kier molecular flexibility index (Phi) is 6.05. The smallest absolute Gasteiger partial charge is 0.127 e. The van der Waals surface area contributed by atoms with Crippen LogP contribution in [-0.4, -0.2) is 6.54 Å². The van der Waals surface area contributed by atoms with Crippen molar-refractivity contribution in [3.05, 3.63) is 53.8 Å². The number of benzene rings is 1. The van der Waals surface area contributed by atoms with Crippen molar-refractivity contribution in [1.82, 2.24) is 5.32 Å². The van der Waals surface area contributed by atoms with E-state index in [-0.39, 0.29) is 11.9 Å². The van der Waals surface area contributed by atoms with E-state index in [0.717, 1.165) is 14.8 Å². The zero-order chi connectivity index (χ0) is 14.7. The minimum absolute atomic E-state index is 0.0864. The van der Waals surface area contributed by atoms with E-state index < -0.39 is 0 Å². The number of likely N-dealkylation sites (N-methyl/N-ethyl adjacent to an activating group) is 1. The van der Waals surface area contributed by atoms with E-state index >= 15 is 0 Å². The number of hydrogen-bond donors (Lipinski definition) is 1. The lowest BCUT2D eigenvalue weighted by molar-refractivity contribution is 0.534. The van der Waals surface area contributed by atoms with Gasteiger partial charge in [0.1, 0.15) is 5.82 Å². The Labute approximate surface area is 143 Å². The fraction of sp³-hybridized carbons (Fsp3) is 0.286. The van der Waals surface area contributed by atoms with Crippen molar-refractivity contribution in [1.29, 1.82) is 0 Å². The molecule has 1 nitrogen and oxygen atoms in total. The van der Waals surface area contributed by atoms with Gasteiger partial charge in [-0.3, -0.25) is 0 Å². The monoisotopic (exact) mass is 439 g/mol. The van der Waals surface area contributed by atoms with Crippen LogP contribution in [0.15, 0.2) is 32.5 Å². The van der Waals surface area contributed by atoms with Crippen LogP contribution >= 0.6 is 54.8 Å². The molecule has 2 aromatic rings. The Morgan fingerprint density at radius 1 is 1.35 bits per heavy atom. The van der Waals surface area contributed by atoms with Gasteiger partial charge in [0.2, 0.25) is 0 Å². The highest BCUT2D eigenvalue weighted by molar-refractivity contribution is 9.13. The molecule has 1 atom stereocenters. The first kappa shape index (κ1) is 16.4. The zero-order valence-electron chi connectivity index (χ0n) is 10.7. The molecule has 1 aromatic heterocycles. The van der Waals surface area contributed by atoms with E-state index in [2.05, 4.69) is 43.2 Å². The van der Waals surface area contributed by atoms with Crippen molar-refractivity contribution in [2.75, 3.05) is 6.54 Å². The maximum atomic E-state index is 13.9. The molecule has 1 heterocycles. The van der Waals surface area contributed by atoms with Gasteiger partial charge in [0.05, 0.1) is 3.79 Å². The Hall–Kier alpha value is 0.0600. The van der Waals surface area contributed by atoms with Crippen LogP contribution < -0.4 is 5.32 Å². The van der Waals surface area contributed by atoms with Crippen molar-refractivity contribution in [3.63, 3.8) is 0 Å². The molecule has 1 N–H and O–H groups in total. The summed E-state index contributed by atoms with van der Waals surface area (Å²) in [6.45, 7) is 2.87. The quantitative estimate of drug-likeness (QED) is 0.604. The molecular formula is C14H13Br2ClFNS. The lowest BCUT2D eigenvalue weighted by Gasteiger charge is -2.17. The molecule has 6 heteroatoms. The van der Waals surface area contributed by atoms with E-state index in [1.165, 1.54) is 10.9 Å². The summed E-state index contributed by atoms with van der Waals surface area (Å²) in [5.41, 5.74) is 0.668. The SMILES string of the molecule is CCNC(Cc1ccc(Cl)cc1F)c1cc(Br)c(Br)s1. The maximum Gasteiger partial charge on any atom is 0.127 e. The molecule has 0 radical (unpaired) electrons. The third-order valence-electron chi connectivity index (χ3n) is 2.90. The first-order valence-electron chi connectivity index (χ1n) is 6.13. The first-order valence-corrected chi connectivity index (χ1v) is 8.91. The second-order valence-electron chi connectivity index (χ2n) is 4.32. The van der Waals surface area contributed by atoms with Crippen LogP contribution in [0.2, 0.25) is 5.02 Å². The molecule has 0 aliphatic carbocycles. The van der Waals surface area contributed by atoms with Gasteiger partial charge in [0.25, 0.3) is 0 Å². The van der Waals surface area contributed by atoms with Crippen LogP contribution in [-0.2, 0) is 6.42 Å². The average Bonchev–Trinajstić information content (AvgIpc) is 2.72. The summed E-state index contributed by atoms with van der Waals surface area (Å²) < 4.78 is 16.0. The second-order valence-corrected chi connectivity index (χ2v) is 8.01. The van der Waals surface area contributed by atoms with Crippen LogP contribution in [0, 0.1) is 5.82 Å². The lowest BCUT2D eigenvalue weighted by atomic mass is 10.0. The van der Waals surface area contributed by atoms with Crippen LogP contribution in [0.25, 0.3) is 0 Å². The fourth-order valence-electron chi connectivity index (χ4n) is 1.96. The molecule has 0 bridgehead atoms. The summed E-state index contributed by atoms with van der Waals surface area (Å²) in [5.74, 6) is -0.255. The summed E-state index contributed by atoms with van der Waals surface area (Å²) in [6, 6.07) is 6.99. The van der Waals surface area contributed by atoms with Gasteiger partial charge < -0.3 is 5.32 Å². The number of nitrogens with one attached hydrogen (secondary N) is 1. The van der Waals surface area contributed by atoms with Crippen molar-refractivity contribution >= 4 is 54.8 Å². The Balaban J connectivity index is 2.25. The molecule has 1 aromatic carbocycles. The van der Waals surface area contributed by atoms with Crippen molar-refractivity contribution in [3.8, 4) is 0 Å². The van der Waals surface area contributed by atoms with Gasteiger partial charge in [-0.25, -0.2) is 4.39 Å².